The molecular formula is C18H18INO3. The number of halogens is 1. The van der Waals surface area contributed by atoms with Crippen molar-refractivity contribution in [3.63, 3.8) is 0 Å². The zero-order valence-electron chi connectivity index (χ0n) is 13.2. The Labute approximate surface area is 149 Å². The Kier molecular flexibility index (Phi) is 4.10. The fourth-order valence-electron chi connectivity index (χ4n) is 3.13. The summed E-state index contributed by atoms with van der Waals surface area (Å²) in [7, 11) is 1.55. The summed E-state index contributed by atoms with van der Waals surface area (Å²) in [6.45, 7) is 3.88. The number of aliphatic hydroxyl groups excluding tert-OH is 1. The largest absolute Gasteiger partial charge is 0.496 e. The zero-order chi connectivity index (χ0) is 16.8. The van der Waals surface area contributed by atoms with Crippen LogP contribution in [0.3, 0.4) is 0 Å². The minimum Gasteiger partial charge on any atom is -0.496 e. The van der Waals surface area contributed by atoms with Crippen LogP contribution in [0.15, 0.2) is 42.5 Å². The molecule has 1 aliphatic rings. The number of carbonyl (C=O) groups excluding carboxylic acids is 1. The third kappa shape index (κ3) is 2.42. The van der Waals surface area contributed by atoms with E-state index in [1.165, 1.54) is 4.90 Å². The second-order valence-electron chi connectivity index (χ2n) is 6.01. The molecule has 0 fully saturated rings. The van der Waals surface area contributed by atoms with Crippen LogP contribution in [-0.2, 0) is 5.54 Å². The third-order valence-electron chi connectivity index (χ3n) is 4.39. The van der Waals surface area contributed by atoms with Crippen LogP contribution in [0.5, 0.6) is 5.75 Å². The van der Waals surface area contributed by atoms with E-state index in [1.54, 1.807) is 13.2 Å². The van der Waals surface area contributed by atoms with Crippen molar-refractivity contribution in [2.45, 2.75) is 25.6 Å². The van der Waals surface area contributed by atoms with Crippen LogP contribution >= 0.6 is 22.6 Å². The van der Waals surface area contributed by atoms with Gasteiger partial charge in [0.25, 0.3) is 5.91 Å². The van der Waals surface area contributed by atoms with Crippen LogP contribution in [0.4, 0.5) is 0 Å². The van der Waals surface area contributed by atoms with E-state index < -0.39 is 11.8 Å². The Morgan fingerprint density at radius 1 is 1.17 bits per heavy atom. The van der Waals surface area contributed by atoms with Gasteiger partial charge in [0.15, 0.2) is 6.23 Å². The highest BCUT2D eigenvalue weighted by atomic mass is 127. The molecule has 1 unspecified atom stereocenters. The summed E-state index contributed by atoms with van der Waals surface area (Å²) in [6, 6.07) is 13.3. The highest BCUT2D eigenvalue weighted by Gasteiger charge is 2.47. The van der Waals surface area contributed by atoms with Gasteiger partial charge in [0, 0.05) is 3.57 Å². The monoisotopic (exact) mass is 423 g/mol. The van der Waals surface area contributed by atoms with Gasteiger partial charge in [-0.1, -0.05) is 30.3 Å². The summed E-state index contributed by atoms with van der Waals surface area (Å²) in [4.78, 5) is 14.5. The lowest BCUT2D eigenvalue weighted by Crippen LogP contribution is -2.44. The quantitative estimate of drug-likeness (QED) is 0.767. The molecule has 2 aromatic carbocycles. The predicted octanol–water partition coefficient (Wildman–Crippen LogP) is 3.68. The summed E-state index contributed by atoms with van der Waals surface area (Å²) in [5, 5.41) is 10.9. The first kappa shape index (κ1) is 16.3. The fourth-order valence-corrected chi connectivity index (χ4v) is 3.83. The van der Waals surface area contributed by atoms with Gasteiger partial charge in [-0.05, 0) is 54.1 Å². The van der Waals surface area contributed by atoms with Crippen LogP contribution in [0.25, 0.3) is 0 Å². The Morgan fingerprint density at radius 2 is 1.83 bits per heavy atom. The molecule has 2 aromatic rings. The number of hydrogen-bond donors (Lipinski definition) is 1. The Morgan fingerprint density at radius 3 is 2.43 bits per heavy atom. The average molecular weight is 423 g/mol. The smallest absolute Gasteiger partial charge is 0.258 e. The number of rotatable bonds is 3. The van der Waals surface area contributed by atoms with Crippen molar-refractivity contribution in [2.24, 2.45) is 0 Å². The second-order valence-corrected chi connectivity index (χ2v) is 7.17. The molecule has 0 spiro atoms. The van der Waals surface area contributed by atoms with Crippen molar-refractivity contribution in [2.75, 3.05) is 7.11 Å². The summed E-state index contributed by atoms with van der Waals surface area (Å²) >= 11 is 2.12. The van der Waals surface area contributed by atoms with Crippen molar-refractivity contribution >= 4 is 28.5 Å². The first-order chi connectivity index (χ1) is 10.9. The molecule has 0 saturated heterocycles. The lowest BCUT2D eigenvalue weighted by atomic mass is 9.92. The second kappa shape index (κ2) is 5.79. The van der Waals surface area contributed by atoms with Crippen LogP contribution in [0.1, 0.15) is 41.6 Å². The minimum absolute atomic E-state index is 0.176. The summed E-state index contributed by atoms with van der Waals surface area (Å²) < 4.78 is 6.17. The average Bonchev–Trinajstić information content (AvgIpc) is 2.81. The van der Waals surface area contributed by atoms with Gasteiger partial charge in [-0.15, -0.1) is 0 Å². The number of aliphatic hydroxyl groups is 1. The van der Waals surface area contributed by atoms with Crippen LogP contribution in [0.2, 0.25) is 0 Å². The standard InChI is InChI=1S/C18H18INO3/c1-18(2,11-7-5-4-6-8-11)20-16(21)14-12(19)9-10-13(23-3)15(14)17(20)22/h4-10,17,22H,1-3H3. The van der Waals surface area contributed by atoms with Gasteiger partial charge in [0.05, 0.1) is 23.8 Å². The van der Waals surface area contributed by atoms with Crippen LogP contribution in [0, 0.1) is 3.57 Å². The summed E-state index contributed by atoms with van der Waals surface area (Å²) in [6.07, 6.45) is -1.03. The lowest BCUT2D eigenvalue weighted by molar-refractivity contribution is -0.0312. The molecule has 1 atom stereocenters. The number of amides is 1. The van der Waals surface area contributed by atoms with Gasteiger partial charge in [0.1, 0.15) is 5.75 Å². The molecule has 0 aliphatic carbocycles. The number of methoxy groups -OCH3 is 1. The first-order valence-corrected chi connectivity index (χ1v) is 8.41. The van der Waals surface area contributed by atoms with Gasteiger partial charge in [-0.25, -0.2) is 0 Å². The number of hydrogen-bond acceptors (Lipinski definition) is 3. The van der Waals surface area contributed by atoms with Gasteiger partial charge >= 0.3 is 0 Å². The minimum atomic E-state index is -1.03. The van der Waals surface area contributed by atoms with E-state index in [4.69, 9.17) is 4.74 Å². The maximum atomic E-state index is 13.0. The number of nitrogens with zero attached hydrogens (tertiary/aromatic N) is 1. The Hall–Kier alpha value is -1.60. The topological polar surface area (TPSA) is 49.8 Å². The molecule has 0 bridgehead atoms. The molecule has 23 heavy (non-hydrogen) atoms. The molecular weight excluding hydrogens is 405 g/mol. The highest BCUT2D eigenvalue weighted by Crippen LogP contribution is 2.46. The van der Waals surface area contributed by atoms with Crippen molar-refractivity contribution in [1.29, 1.82) is 0 Å². The molecule has 5 heteroatoms. The molecule has 0 radical (unpaired) electrons. The number of carbonyl (C=O) groups is 1. The summed E-state index contributed by atoms with van der Waals surface area (Å²) in [5.74, 6) is 0.359. The van der Waals surface area contributed by atoms with Crippen LogP contribution in [-0.4, -0.2) is 23.0 Å². The lowest BCUT2D eigenvalue weighted by Gasteiger charge is -2.38. The number of benzene rings is 2. The van der Waals surface area contributed by atoms with Gasteiger partial charge in [-0.3, -0.25) is 9.69 Å². The van der Waals surface area contributed by atoms with E-state index in [2.05, 4.69) is 22.6 Å². The van der Waals surface area contributed by atoms with Gasteiger partial charge in [-0.2, -0.15) is 0 Å². The molecule has 4 nitrogen and oxygen atoms in total. The van der Waals surface area contributed by atoms with E-state index >= 15 is 0 Å². The SMILES string of the molecule is COc1ccc(I)c2c1C(O)N(C(C)(C)c1ccccc1)C2=O. The summed E-state index contributed by atoms with van der Waals surface area (Å²) in [5.41, 5.74) is 1.40. The number of ether oxygens (including phenoxy) is 1. The molecule has 0 saturated carbocycles. The maximum Gasteiger partial charge on any atom is 0.258 e. The normalized spacial score (nSPS) is 17.3. The van der Waals surface area contributed by atoms with E-state index in [1.807, 2.05) is 50.2 Å². The van der Waals surface area contributed by atoms with Crippen molar-refractivity contribution in [1.82, 2.24) is 4.90 Å². The van der Waals surface area contributed by atoms with Gasteiger partial charge < -0.3 is 9.84 Å². The Balaban J connectivity index is 2.14. The van der Waals surface area contributed by atoms with E-state index in [0.717, 1.165) is 9.13 Å². The molecule has 1 heterocycles. The molecule has 1 N–H and O–H groups in total. The van der Waals surface area contributed by atoms with E-state index in [0.29, 0.717) is 16.9 Å². The molecule has 1 amide bonds. The molecule has 120 valence electrons. The Bertz CT molecular complexity index is 758. The predicted molar refractivity (Wildman–Crippen MR) is 96.3 cm³/mol. The van der Waals surface area contributed by atoms with Crippen molar-refractivity contribution < 1.29 is 14.6 Å². The van der Waals surface area contributed by atoms with Crippen molar-refractivity contribution in [3.05, 3.63) is 62.7 Å². The molecule has 1 aliphatic heterocycles. The zero-order valence-corrected chi connectivity index (χ0v) is 15.4. The molecule has 0 aromatic heterocycles. The van der Waals surface area contributed by atoms with Gasteiger partial charge in [0.2, 0.25) is 0 Å². The van der Waals surface area contributed by atoms with Crippen LogP contribution < -0.4 is 4.74 Å². The highest BCUT2D eigenvalue weighted by molar-refractivity contribution is 14.1. The van der Waals surface area contributed by atoms with Crippen molar-refractivity contribution in [3.8, 4) is 5.75 Å². The number of fused-ring (bicyclic) bond motifs is 1. The maximum absolute atomic E-state index is 13.0. The van der Waals surface area contributed by atoms with E-state index in [-0.39, 0.29) is 5.91 Å². The first-order valence-electron chi connectivity index (χ1n) is 7.33. The molecule has 3 rings (SSSR count). The van der Waals surface area contributed by atoms with E-state index in [9.17, 15) is 9.90 Å². The third-order valence-corrected chi connectivity index (χ3v) is 5.29. The fraction of sp³-hybridized carbons (Fsp3) is 0.278.